The summed E-state index contributed by atoms with van der Waals surface area (Å²) >= 11 is 0. The van der Waals surface area contributed by atoms with Crippen LogP contribution in [0.2, 0.25) is 0 Å². The van der Waals surface area contributed by atoms with Crippen LogP contribution in [0.25, 0.3) is 11.5 Å². The normalized spacial score (nSPS) is 10.5. The fourth-order valence-electron chi connectivity index (χ4n) is 2.10. The molecule has 0 spiro atoms. The zero-order chi connectivity index (χ0) is 16.9. The van der Waals surface area contributed by atoms with Crippen LogP contribution in [0.15, 0.2) is 57.7 Å². The molecule has 2 heterocycles. The van der Waals surface area contributed by atoms with Gasteiger partial charge in [0.15, 0.2) is 5.76 Å². The number of amides is 1. The van der Waals surface area contributed by atoms with E-state index in [0.29, 0.717) is 22.8 Å². The second kappa shape index (κ2) is 6.78. The van der Waals surface area contributed by atoms with Gasteiger partial charge < -0.3 is 14.3 Å². The van der Waals surface area contributed by atoms with E-state index in [9.17, 15) is 14.9 Å². The molecule has 0 saturated carbocycles. The molecule has 0 aliphatic carbocycles. The standard InChI is InChI=1S/C16H13N3O5/c20-16(8-11-3-5-13(6-4-11)19(21)22)17-10-12-9-15(24-18-12)14-2-1-7-23-14/h1-7,9H,8,10H2,(H,17,20). The summed E-state index contributed by atoms with van der Waals surface area (Å²) < 4.78 is 10.3. The predicted molar refractivity (Wildman–Crippen MR) is 82.9 cm³/mol. The lowest BCUT2D eigenvalue weighted by Crippen LogP contribution is -2.24. The summed E-state index contributed by atoms with van der Waals surface area (Å²) in [6, 6.07) is 11.0. The van der Waals surface area contributed by atoms with Crippen molar-refractivity contribution in [3.05, 3.63) is 70.1 Å². The fraction of sp³-hybridized carbons (Fsp3) is 0.125. The SMILES string of the molecule is O=C(Cc1ccc([N+](=O)[O-])cc1)NCc1cc(-c2ccco2)on1. The van der Waals surface area contributed by atoms with Crippen molar-refractivity contribution >= 4 is 11.6 Å². The predicted octanol–water partition coefficient (Wildman–Crippen LogP) is 2.70. The van der Waals surface area contributed by atoms with Crippen molar-refractivity contribution in [1.29, 1.82) is 0 Å². The molecule has 1 aromatic carbocycles. The third-order valence-electron chi connectivity index (χ3n) is 3.30. The van der Waals surface area contributed by atoms with Gasteiger partial charge in [-0.25, -0.2) is 0 Å². The third kappa shape index (κ3) is 3.67. The van der Waals surface area contributed by atoms with Gasteiger partial charge in [0.05, 0.1) is 24.2 Å². The van der Waals surface area contributed by atoms with Crippen LogP contribution in [0.5, 0.6) is 0 Å². The number of carbonyl (C=O) groups is 1. The van der Waals surface area contributed by atoms with Gasteiger partial charge in [0, 0.05) is 18.2 Å². The minimum absolute atomic E-state index is 0.00721. The van der Waals surface area contributed by atoms with E-state index in [4.69, 9.17) is 8.94 Å². The monoisotopic (exact) mass is 327 g/mol. The van der Waals surface area contributed by atoms with Crippen LogP contribution in [0.4, 0.5) is 5.69 Å². The van der Waals surface area contributed by atoms with Gasteiger partial charge >= 0.3 is 0 Å². The maximum absolute atomic E-state index is 11.9. The van der Waals surface area contributed by atoms with Gasteiger partial charge in [0.2, 0.25) is 11.7 Å². The molecule has 0 aliphatic heterocycles. The molecule has 0 saturated heterocycles. The number of benzene rings is 1. The number of furan rings is 1. The molecule has 122 valence electrons. The molecule has 1 amide bonds. The number of nitrogens with one attached hydrogen (secondary N) is 1. The molecule has 8 heteroatoms. The first kappa shape index (κ1) is 15.5. The number of nitro groups is 1. The number of aromatic nitrogens is 1. The summed E-state index contributed by atoms with van der Waals surface area (Å²) in [5, 5.41) is 17.2. The van der Waals surface area contributed by atoms with Crippen molar-refractivity contribution in [2.75, 3.05) is 0 Å². The van der Waals surface area contributed by atoms with Crippen molar-refractivity contribution in [3.63, 3.8) is 0 Å². The van der Waals surface area contributed by atoms with E-state index in [-0.39, 0.29) is 24.6 Å². The largest absolute Gasteiger partial charge is 0.461 e. The van der Waals surface area contributed by atoms with Crippen LogP contribution in [0.1, 0.15) is 11.3 Å². The van der Waals surface area contributed by atoms with Crippen LogP contribution in [0, 0.1) is 10.1 Å². The Morgan fingerprint density at radius 3 is 2.67 bits per heavy atom. The number of nitro benzene ring substituents is 1. The van der Waals surface area contributed by atoms with E-state index in [1.165, 1.54) is 18.4 Å². The molecular formula is C16H13N3O5. The van der Waals surface area contributed by atoms with Crippen molar-refractivity contribution in [3.8, 4) is 11.5 Å². The molecule has 1 N–H and O–H groups in total. The minimum Gasteiger partial charge on any atom is -0.461 e. The Bertz CT molecular complexity index is 837. The molecule has 0 aliphatic rings. The Balaban J connectivity index is 1.53. The summed E-state index contributed by atoms with van der Waals surface area (Å²) in [6.07, 6.45) is 1.66. The maximum atomic E-state index is 11.9. The Kier molecular flexibility index (Phi) is 4.37. The molecule has 0 bridgehead atoms. The van der Waals surface area contributed by atoms with Gasteiger partial charge in [0.25, 0.3) is 5.69 Å². The quantitative estimate of drug-likeness (QED) is 0.550. The molecule has 0 radical (unpaired) electrons. The zero-order valence-corrected chi connectivity index (χ0v) is 12.5. The Morgan fingerprint density at radius 2 is 2.00 bits per heavy atom. The van der Waals surface area contributed by atoms with Gasteiger partial charge in [-0.05, 0) is 17.7 Å². The number of carbonyl (C=O) groups excluding carboxylic acids is 1. The van der Waals surface area contributed by atoms with Crippen LogP contribution in [0.3, 0.4) is 0 Å². The Labute approximate surface area is 136 Å². The van der Waals surface area contributed by atoms with E-state index in [2.05, 4.69) is 10.5 Å². The summed E-state index contributed by atoms with van der Waals surface area (Å²) in [4.78, 5) is 22.0. The Hall–Kier alpha value is -3.42. The lowest BCUT2D eigenvalue weighted by atomic mass is 10.1. The third-order valence-corrected chi connectivity index (χ3v) is 3.30. The van der Waals surface area contributed by atoms with Crippen LogP contribution in [-0.4, -0.2) is 16.0 Å². The molecule has 0 atom stereocenters. The van der Waals surface area contributed by atoms with Gasteiger partial charge in [-0.15, -0.1) is 0 Å². The highest BCUT2D eigenvalue weighted by Crippen LogP contribution is 2.20. The highest BCUT2D eigenvalue weighted by molar-refractivity contribution is 5.78. The van der Waals surface area contributed by atoms with Crippen molar-refractivity contribution in [1.82, 2.24) is 10.5 Å². The zero-order valence-electron chi connectivity index (χ0n) is 12.5. The minimum atomic E-state index is -0.481. The summed E-state index contributed by atoms with van der Waals surface area (Å²) in [6.45, 7) is 0.218. The maximum Gasteiger partial charge on any atom is 0.269 e. The first-order valence-electron chi connectivity index (χ1n) is 7.11. The molecule has 24 heavy (non-hydrogen) atoms. The molecule has 3 rings (SSSR count). The second-order valence-electron chi connectivity index (χ2n) is 5.04. The average Bonchev–Trinajstić information content (AvgIpc) is 3.25. The molecule has 0 fully saturated rings. The molecule has 0 unspecified atom stereocenters. The lowest BCUT2D eigenvalue weighted by Gasteiger charge is -2.03. The highest BCUT2D eigenvalue weighted by atomic mass is 16.6. The number of nitrogens with zero attached hydrogens (tertiary/aromatic N) is 2. The number of hydrogen-bond donors (Lipinski definition) is 1. The molecular weight excluding hydrogens is 314 g/mol. The van der Waals surface area contributed by atoms with Crippen molar-refractivity contribution in [2.45, 2.75) is 13.0 Å². The topological polar surface area (TPSA) is 111 Å². The van der Waals surface area contributed by atoms with Crippen LogP contribution >= 0.6 is 0 Å². The fourth-order valence-corrected chi connectivity index (χ4v) is 2.10. The van der Waals surface area contributed by atoms with E-state index >= 15 is 0 Å². The second-order valence-corrected chi connectivity index (χ2v) is 5.04. The highest BCUT2D eigenvalue weighted by Gasteiger charge is 2.11. The summed E-state index contributed by atoms with van der Waals surface area (Å²) in [5.41, 5.74) is 1.25. The van der Waals surface area contributed by atoms with Gasteiger partial charge in [-0.1, -0.05) is 17.3 Å². The molecule has 2 aromatic heterocycles. The van der Waals surface area contributed by atoms with E-state index in [0.717, 1.165) is 0 Å². The first-order valence-corrected chi connectivity index (χ1v) is 7.11. The average molecular weight is 327 g/mol. The van der Waals surface area contributed by atoms with Crippen LogP contribution in [-0.2, 0) is 17.8 Å². The first-order chi connectivity index (χ1) is 11.6. The van der Waals surface area contributed by atoms with Gasteiger partial charge in [-0.2, -0.15) is 0 Å². The summed E-state index contributed by atoms with van der Waals surface area (Å²) in [7, 11) is 0. The lowest BCUT2D eigenvalue weighted by molar-refractivity contribution is -0.384. The van der Waals surface area contributed by atoms with Gasteiger partial charge in [-0.3, -0.25) is 14.9 Å². The Morgan fingerprint density at radius 1 is 1.21 bits per heavy atom. The van der Waals surface area contributed by atoms with Crippen molar-refractivity contribution < 1.29 is 18.7 Å². The number of non-ortho nitro benzene ring substituents is 1. The van der Waals surface area contributed by atoms with E-state index in [1.807, 2.05) is 0 Å². The van der Waals surface area contributed by atoms with E-state index < -0.39 is 4.92 Å². The van der Waals surface area contributed by atoms with E-state index in [1.54, 1.807) is 30.3 Å². The number of rotatable bonds is 6. The van der Waals surface area contributed by atoms with Gasteiger partial charge in [0.1, 0.15) is 5.69 Å². The smallest absolute Gasteiger partial charge is 0.269 e. The number of hydrogen-bond acceptors (Lipinski definition) is 6. The molecule has 3 aromatic rings. The summed E-state index contributed by atoms with van der Waals surface area (Å²) in [5.74, 6) is 0.831. The molecule has 8 nitrogen and oxygen atoms in total. The van der Waals surface area contributed by atoms with Crippen LogP contribution < -0.4 is 5.32 Å². The van der Waals surface area contributed by atoms with Crippen molar-refractivity contribution in [2.24, 2.45) is 0 Å².